The number of nitrogens with zero attached hydrogens (tertiary/aromatic N) is 1. The van der Waals surface area contributed by atoms with Crippen LogP contribution in [0.3, 0.4) is 0 Å². The summed E-state index contributed by atoms with van der Waals surface area (Å²) >= 11 is 0. The highest BCUT2D eigenvalue weighted by Gasteiger charge is 2.28. The first-order chi connectivity index (χ1) is 13.0. The number of fused-ring (bicyclic) bond motifs is 1. The zero-order valence-corrected chi connectivity index (χ0v) is 15.4. The zero-order chi connectivity index (χ0) is 18.9. The summed E-state index contributed by atoms with van der Waals surface area (Å²) in [7, 11) is -2.96. The second kappa shape index (κ2) is 7.03. The Morgan fingerprint density at radius 2 is 1.67 bits per heavy atom. The molecule has 1 amide bonds. The van der Waals surface area contributed by atoms with Gasteiger partial charge in [0.2, 0.25) is 11.9 Å². The van der Waals surface area contributed by atoms with Gasteiger partial charge in [-0.3, -0.25) is 4.79 Å². The number of rotatable bonds is 4. The number of imidazole rings is 1. The number of aromatic amines is 1. The third-order valence-corrected chi connectivity index (χ3v) is 6.45. The first-order valence-electron chi connectivity index (χ1n) is 8.82. The van der Waals surface area contributed by atoms with E-state index in [2.05, 4.69) is 20.6 Å². The minimum Gasteiger partial charge on any atom is -0.326 e. The van der Waals surface area contributed by atoms with Crippen molar-refractivity contribution in [3.8, 4) is 0 Å². The summed E-state index contributed by atoms with van der Waals surface area (Å²) in [5.74, 6) is 0.456. The lowest BCUT2D eigenvalue weighted by Crippen LogP contribution is -2.31. The van der Waals surface area contributed by atoms with Gasteiger partial charge in [-0.2, -0.15) is 0 Å². The van der Waals surface area contributed by atoms with Crippen LogP contribution in [0.4, 0.5) is 17.3 Å². The van der Waals surface area contributed by atoms with E-state index in [0.29, 0.717) is 24.5 Å². The number of benzene rings is 2. The summed E-state index contributed by atoms with van der Waals surface area (Å²) in [5.41, 5.74) is 3.37. The molecule has 140 valence electrons. The summed E-state index contributed by atoms with van der Waals surface area (Å²) in [6.45, 7) is 0. The summed E-state index contributed by atoms with van der Waals surface area (Å²) in [4.78, 5) is 20.0. The van der Waals surface area contributed by atoms with Crippen LogP contribution in [0.25, 0.3) is 11.0 Å². The number of nitrogens with one attached hydrogen (secondary N) is 3. The van der Waals surface area contributed by atoms with Crippen molar-refractivity contribution in [2.75, 3.05) is 22.1 Å². The van der Waals surface area contributed by atoms with Gasteiger partial charge >= 0.3 is 0 Å². The Morgan fingerprint density at radius 1 is 1.00 bits per heavy atom. The van der Waals surface area contributed by atoms with Gasteiger partial charge < -0.3 is 15.6 Å². The zero-order valence-electron chi connectivity index (χ0n) is 14.6. The SMILES string of the molecule is O=C(Nc1ccc(Nc2nc3ccccc3[nH]2)cc1)C1CCS(=O)(=O)CC1. The van der Waals surface area contributed by atoms with Crippen LogP contribution in [0.15, 0.2) is 48.5 Å². The molecule has 0 atom stereocenters. The molecule has 2 heterocycles. The first-order valence-corrected chi connectivity index (χ1v) is 10.6. The Kier molecular flexibility index (Phi) is 4.57. The highest BCUT2D eigenvalue weighted by molar-refractivity contribution is 7.91. The molecule has 27 heavy (non-hydrogen) atoms. The van der Waals surface area contributed by atoms with Crippen molar-refractivity contribution in [2.24, 2.45) is 5.92 Å². The van der Waals surface area contributed by atoms with E-state index < -0.39 is 9.84 Å². The number of carbonyl (C=O) groups excluding carboxylic acids is 1. The van der Waals surface area contributed by atoms with Gasteiger partial charge in [0.1, 0.15) is 9.84 Å². The van der Waals surface area contributed by atoms with Crippen LogP contribution in [-0.4, -0.2) is 35.8 Å². The highest BCUT2D eigenvalue weighted by atomic mass is 32.2. The number of para-hydroxylation sites is 2. The molecule has 1 saturated heterocycles. The molecule has 2 aromatic carbocycles. The fourth-order valence-electron chi connectivity index (χ4n) is 3.18. The molecule has 0 aliphatic carbocycles. The van der Waals surface area contributed by atoms with Crippen LogP contribution in [0.5, 0.6) is 0 Å². The molecule has 0 radical (unpaired) electrons. The topological polar surface area (TPSA) is 104 Å². The molecule has 8 heteroatoms. The second-order valence-corrected chi connectivity index (χ2v) is 9.02. The average Bonchev–Trinajstić information content (AvgIpc) is 3.05. The highest BCUT2D eigenvalue weighted by Crippen LogP contribution is 2.23. The largest absolute Gasteiger partial charge is 0.326 e. The lowest BCUT2D eigenvalue weighted by atomic mass is 10.0. The van der Waals surface area contributed by atoms with E-state index in [1.807, 2.05) is 48.5 Å². The molecule has 7 nitrogen and oxygen atoms in total. The van der Waals surface area contributed by atoms with Crippen LogP contribution < -0.4 is 10.6 Å². The van der Waals surface area contributed by atoms with Gasteiger partial charge in [-0.1, -0.05) is 12.1 Å². The van der Waals surface area contributed by atoms with Crippen LogP contribution in [0.1, 0.15) is 12.8 Å². The van der Waals surface area contributed by atoms with Crippen molar-refractivity contribution < 1.29 is 13.2 Å². The molecule has 0 bridgehead atoms. The quantitative estimate of drug-likeness (QED) is 0.641. The van der Waals surface area contributed by atoms with Gasteiger partial charge in [0.25, 0.3) is 0 Å². The molecule has 1 fully saturated rings. The summed E-state index contributed by atoms with van der Waals surface area (Å²) in [6.07, 6.45) is 0.777. The third kappa shape index (κ3) is 4.11. The fraction of sp³-hybridized carbons (Fsp3) is 0.263. The van der Waals surface area contributed by atoms with Crippen molar-refractivity contribution >= 4 is 44.1 Å². The van der Waals surface area contributed by atoms with Crippen LogP contribution in [0, 0.1) is 5.92 Å². The Hall–Kier alpha value is -2.87. The molecule has 0 saturated carbocycles. The number of amides is 1. The lowest BCUT2D eigenvalue weighted by molar-refractivity contribution is -0.120. The van der Waals surface area contributed by atoms with E-state index in [0.717, 1.165) is 16.7 Å². The van der Waals surface area contributed by atoms with Crippen molar-refractivity contribution in [2.45, 2.75) is 12.8 Å². The van der Waals surface area contributed by atoms with E-state index in [-0.39, 0.29) is 23.3 Å². The molecular formula is C19H20N4O3S. The van der Waals surface area contributed by atoms with E-state index in [1.54, 1.807) is 0 Å². The Bertz CT molecular complexity index is 1030. The molecule has 1 aromatic heterocycles. The number of anilines is 3. The standard InChI is InChI=1S/C19H20N4O3S/c24-18(13-9-11-27(25,26)12-10-13)20-14-5-7-15(8-6-14)21-19-22-16-3-1-2-4-17(16)23-19/h1-8,13H,9-12H2,(H,20,24)(H2,21,22,23). The minimum absolute atomic E-state index is 0.0887. The molecule has 3 N–H and O–H groups in total. The normalized spacial score (nSPS) is 16.9. The Balaban J connectivity index is 1.38. The molecule has 1 aliphatic rings. The van der Waals surface area contributed by atoms with Gasteiger partial charge in [0.15, 0.2) is 0 Å². The maximum absolute atomic E-state index is 12.3. The third-order valence-electron chi connectivity index (χ3n) is 4.73. The van der Waals surface area contributed by atoms with E-state index in [9.17, 15) is 13.2 Å². The fourth-order valence-corrected chi connectivity index (χ4v) is 4.67. The van der Waals surface area contributed by atoms with Gasteiger partial charge in [0.05, 0.1) is 22.5 Å². The van der Waals surface area contributed by atoms with Crippen molar-refractivity contribution in [3.63, 3.8) is 0 Å². The van der Waals surface area contributed by atoms with E-state index in [1.165, 1.54) is 0 Å². The predicted molar refractivity (Wildman–Crippen MR) is 106 cm³/mol. The maximum atomic E-state index is 12.3. The van der Waals surface area contributed by atoms with Crippen molar-refractivity contribution in [3.05, 3.63) is 48.5 Å². The van der Waals surface area contributed by atoms with Gasteiger partial charge in [0, 0.05) is 17.3 Å². The molecule has 3 aromatic rings. The number of aromatic nitrogens is 2. The average molecular weight is 384 g/mol. The first kappa shape index (κ1) is 17.5. The van der Waals surface area contributed by atoms with E-state index in [4.69, 9.17) is 0 Å². The summed E-state index contributed by atoms with van der Waals surface area (Å²) in [6, 6.07) is 15.1. The second-order valence-electron chi connectivity index (χ2n) is 6.72. The molecule has 0 unspecified atom stereocenters. The van der Waals surface area contributed by atoms with Gasteiger partial charge in [-0.15, -0.1) is 0 Å². The minimum atomic E-state index is -2.96. The number of H-pyrrole nitrogens is 1. The van der Waals surface area contributed by atoms with Crippen molar-refractivity contribution in [1.29, 1.82) is 0 Å². The monoisotopic (exact) mass is 384 g/mol. The smallest absolute Gasteiger partial charge is 0.227 e. The Morgan fingerprint density at radius 3 is 2.37 bits per heavy atom. The van der Waals surface area contributed by atoms with Gasteiger partial charge in [-0.05, 0) is 49.2 Å². The van der Waals surface area contributed by atoms with Gasteiger partial charge in [-0.25, -0.2) is 13.4 Å². The summed E-state index contributed by atoms with van der Waals surface area (Å²) in [5, 5.41) is 6.07. The Labute approximate surface area is 157 Å². The number of hydrogen-bond acceptors (Lipinski definition) is 5. The van der Waals surface area contributed by atoms with Crippen LogP contribution in [-0.2, 0) is 14.6 Å². The molecule has 4 rings (SSSR count). The molecular weight excluding hydrogens is 364 g/mol. The predicted octanol–water partition coefficient (Wildman–Crippen LogP) is 3.07. The number of sulfone groups is 1. The molecule has 1 aliphatic heterocycles. The lowest BCUT2D eigenvalue weighted by Gasteiger charge is -2.21. The van der Waals surface area contributed by atoms with Crippen LogP contribution in [0.2, 0.25) is 0 Å². The number of carbonyl (C=O) groups is 1. The van der Waals surface area contributed by atoms with Crippen LogP contribution >= 0.6 is 0 Å². The number of hydrogen-bond donors (Lipinski definition) is 3. The summed E-state index contributed by atoms with van der Waals surface area (Å²) < 4.78 is 23.0. The van der Waals surface area contributed by atoms with E-state index >= 15 is 0 Å². The molecule has 0 spiro atoms. The van der Waals surface area contributed by atoms with Crippen molar-refractivity contribution in [1.82, 2.24) is 9.97 Å². The maximum Gasteiger partial charge on any atom is 0.227 e.